The SMILES string of the molecule is O=C1C2=C(Nc3[nH]c(=O)[nH]c(=O)c3[C@@H]2c2ccccc2Br)c2ccccc21. The number of Topliss-reactive ketones (excluding diaryl/α,β-unsaturated/α-hetero) is 1. The van der Waals surface area contributed by atoms with Crippen molar-refractivity contribution >= 4 is 33.2 Å². The first-order valence-corrected chi connectivity index (χ1v) is 9.12. The molecule has 0 radical (unpaired) electrons. The van der Waals surface area contributed by atoms with Crippen LogP contribution in [0, 0.1) is 0 Å². The van der Waals surface area contributed by atoms with E-state index in [0.29, 0.717) is 28.2 Å². The van der Waals surface area contributed by atoms with Gasteiger partial charge in [0.15, 0.2) is 5.78 Å². The normalized spacial score (nSPS) is 17.2. The number of carbonyl (C=O) groups excluding carboxylic acids is 1. The maximum absolute atomic E-state index is 13.2. The van der Waals surface area contributed by atoms with Crippen LogP contribution in [0.5, 0.6) is 0 Å². The van der Waals surface area contributed by atoms with E-state index in [1.165, 1.54) is 0 Å². The molecule has 1 aliphatic carbocycles. The molecule has 5 rings (SSSR count). The summed E-state index contributed by atoms with van der Waals surface area (Å²) in [6.45, 7) is 0. The average molecular weight is 422 g/mol. The number of aromatic amines is 2. The third kappa shape index (κ3) is 2.21. The number of halogens is 1. The van der Waals surface area contributed by atoms with Crippen LogP contribution in [-0.2, 0) is 0 Å². The third-order valence-corrected chi connectivity index (χ3v) is 5.70. The fourth-order valence-corrected chi connectivity index (χ4v) is 4.39. The highest BCUT2D eigenvalue weighted by atomic mass is 79.9. The van der Waals surface area contributed by atoms with Crippen molar-refractivity contribution in [2.24, 2.45) is 0 Å². The lowest BCUT2D eigenvalue weighted by molar-refractivity contribution is 0.103. The first-order valence-electron chi connectivity index (χ1n) is 8.32. The standard InChI is InChI=1S/C20H12BrN3O3/c21-12-8-4-3-7-11(12)13-14-16(9-5-1-2-6-10(9)17(14)25)22-18-15(13)19(26)24-20(27)23-18/h1-8,13H,(H3,22,23,24,26,27)/t13-/m1/s1. The lowest BCUT2D eigenvalue weighted by Gasteiger charge is -2.27. The Bertz CT molecular complexity index is 1290. The molecule has 6 nitrogen and oxygen atoms in total. The van der Waals surface area contributed by atoms with Crippen LogP contribution in [-0.4, -0.2) is 15.8 Å². The van der Waals surface area contributed by atoms with Gasteiger partial charge >= 0.3 is 5.69 Å². The van der Waals surface area contributed by atoms with Crippen LogP contribution >= 0.6 is 15.9 Å². The number of ketones is 1. The Hall–Kier alpha value is -3.19. The molecule has 0 unspecified atom stereocenters. The quantitative estimate of drug-likeness (QED) is 0.562. The zero-order valence-corrected chi connectivity index (χ0v) is 15.4. The molecule has 0 fully saturated rings. The molecule has 7 heteroatoms. The Morgan fingerprint density at radius 3 is 2.33 bits per heavy atom. The summed E-state index contributed by atoms with van der Waals surface area (Å²) in [6, 6.07) is 14.8. The predicted molar refractivity (Wildman–Crippen MR) is 105 cm³/mol. The molecule has 0 saturated heterocycles. The summed E-state index contributed by atoms with van der Waals surface area (Å²) in [6.07, 6.45) is 0. The zero-order valence-electron chi connectivity index (χ0n) is 13.8. The van der Waals surface area contributed by atoms with Gasteiger partial charge < -0.3 is 5.32 Å². The largest absolute Gasteiger partial charge is 0.340 e. The van der Waals surface area contributed by atoms with Crippen molar-refractivity contribution in [3.05, 3.63) is 102 Å². The molecule has 1 aromatic heterocycles. The molecule has 3 N–H and O–H groups in total. The highest BCUT2D eigenvalue weighted by Gasteiger charge is 2.42. The van der Waals surface area contributed by atoms with Crippen molar-refractivity contribution in [2.45, 2.75) is 5.92 Å². The smallest absolute Gasteiger partial charge is 0.327 e. The van der Waals surface area contributed by atoms with Crippen LogP contribution in [0.3, 0.4) is 0 Å². The summed E-state index contributed by atoms with van der Waals surface area (Å²) in [4.78, 5) is 42.7. The van der Waals surface area contributed by atoms with Crippen molar-refractivity contribution < 1.29 is 4.79 Å². The van der Waals surface area contributed by atoms with E-state index in [0.717, 1.165) is 15.6 Å². The number of benzene rings is 2. The minimum absolute atomic E-state index is 0.120. The summed E-state index contributed by atoms with van der Waals surface area (Å²) in [5.74, 6) is -0.412. The van der Waals surface area contributed by atoms with E-state index in [4.69, 9.17) is 0 Å². The monoisotopic (exact) mass is 421 g/mol. The van der Waals surface area contributed by atoms with E-state index in [9.17, 15) is 14.4 Å². The molecule has 3 aromatic rings. The summed E-state index contributed by atoms with van der Waals surface area (Å²) in [7, 11) is 0. The Morgan fingerprint density at radius 1 is 0.852 bits per heavy atom. The van der Waals surface area contributed by atoms with Crippen LogP contribution in [0.2, 0.25) is 0 Å². The van der Waals surface area contributed by atoms with E-state index in [1.54, 1.807) is 6.07 Å². The molecule has 2 heterocycles. The number of carbonyl (C=O) groups is 1. The first-order chi connectivity index (χ1) is 13.1. The highest BCUT2D eigenvalue weighted by Crippen LogP contribution is 2.48. The van der Waals surface area contributed by atoms with E-state index in [2.05, 4.69) is 31.2 Å². The number of rotatable bonds is 1. The number of hydrogen-bond donors (Lipinski definition) is 3. The maximum atomic E-state index is 13.2. The Balaban J connectivity index is 1.88. The van der Waals surface area contributed by atoms with E-state index >= 15 is 0 Å². The van der Waals surface area contributed by atoms with Crippen molar-refractivity contribution in [3.63, 3.8) is 0 Å². The summed E-state index contributed by atoms with van der Waals surface area (Å²) >= 11 is 3.54. The van der Waals surface area contributed by atoms with Gasteiger partial charge in [-0.1, -0.05) is 58.4 Å². The molecular weight excluding hydrogens is 410 g/mol. The number of H-pyrrole nitrogens is 2. The second-order valence-corrected chi connectivity index (χ2v) is 7.29. The molecule has 1 atom stereocenters. The summed E-state index contributed by atoms with van der Waals surface area (Å²) < 4.78 is 0.782. The first kappa shape index (κ1) is 16.0. The molecule has 2 aromatic carbocycles. The summed E-state index contributed by atoms with van der Waals surface area (Å²) in [5, 5.41) is 3.11. The van der Waals surface area contributed by atoms with E-state index < -0.39 is 17.2 Å². The Kier molecular flexibility index (Phi) is 3.35. The molecule has 0 saturated carbocycles. The Morgan fingerprint density at radius 2 is 1.56 bits per heavy atom. The van der Waals surface area contributed by atoms with Gasteiger partial charge in [0.1, 0.15) is 5.82 Å². The molecule has 0 spiro atoms. The molecule has 27 heavy (non-hydrogen) atoms. The van der Waals surface area contributed by atoms with Gasteiger partial charge in [0.2, 0.25) is 0 Å². The number of nitrogens with one attached hydrogen (secondary N) is 3. The van der Waals surface area contributed by atoms with Crippen molar-refractivity contribution in [2.75, 3.05) is 5.32 Å². The number of anilines is 1. The highest BCUT2D eigenvalue weighted by molar-refractivity contribution is 9.10. The van der Waals surface area contributed by atoms with Crippen LogP contribution in [0.15, 0.2) is 68.2 Å². The molecule has 0 bridgehead atoms. The van der Waals surface area contributed by atoms with Crippen LogP contribution in [0.4, 0.5) is 5.82 Å². The maximum Gasteiger partial charge on any atom is 0.327 e. The number of hydrogen-bond acceptors (Lipinski definition) is 4. The molecular formula is C20H12BrN3O3. The van der Waals surface area contributed by atoms with Gasteiger partial charge in [-0.15, -0.1) is 0 Å². The molecule has 0 amide bonds. The molecule has 132 valence electrons. The van der Waals surface area contributed by atoms with Crippen molar-refractivity contribution in [1.82, 2.24) is 9.97 Å². The minimum atomic E-state index is -0.604. The molecule has 2 aliphatic rings. The zero-order chi connectivity index (χ0) is 18.7. The van der Waals surface area contributed by atoms with Gasteiger partial charge in [0.05, 0.1) is 17.2 Å². The van der Waals surface area contributed by atoms with Gasteiger partial charge in [-0.25, -0.2) is 4.79 Å². The topological polar surface area (TPSA) is 94.8 Å². The van der Waals surface area contributed by atoms with E-state index in [-0.39, 0.29) is 5.78 Å². The average Bonchev–Trinajstić information content (AvgIpc) is 2.93. The number of aromatic nitrogens is 2. The van der Waals surface area contributed by atoms with Gasteiger partial charge in [-0.2, -0.15) is 0 Å². The third-order valence-electron chi connectivity index (χ3n) is 4.98. The van der Waals surface area contributed by atoms with Gasteiger partial charge in [0.25, 0.3) is 5.56 Å². The molecule has 1 aliphatic heterocycles. The van der Waals surface area contributed by atoms with Crippen LogP contribution in [0.1, 0.15) is 33.0 Å². The second kappa shape index (κ2) is 5.65. The van der Waals surface area contributed by atoms with Gasteiger partial charge in [-0.05, 0) is 11.6 Å². The van der Waals surface area contributed by atoms with Crippen LogP contribution < -0.4 is 16.6 Å². The Labute approximate surface area is 161 Å². The minimum Gasteiger partial charge on any atom is -0.340 e. The van der Waals surface area contributed by atoms with E-state index in [1.807, 2.05) is 42.5 Å². The fourth-order valence-electron chi connectivity index (χ4n) is 3.87. The van der Waals surface area contributed by atoms with Crippen molar-refractivity contribution in [1.29, 1.82) is 0 Å². The fraction of sp³-hybridized carbons (Fsp3) is 0.0500. The lowest BCUT2D eigenvalue weighted by Crippen LogP contribution is -2.33. The predicted octanol–water partition coefficient (Wildman–Crippen LogP) is 2.99. The number of fused-ring (bicyclic) bond motifs is 3. The second-order valence-electron chi connectivity index (χ2n) is 6.44. The lowest BCUT2D eigenvalue weighted by atomic mass is 9.82. The number of allylic oxidation sites excluding steroid dienone is 1. The van der Waals surface area contributed by atoms with Gasteiger partial charge in [-0.3, -0.25) is 19.6 Å². The van der Waals surface area contributed by atoms with Crippen molar-refractivity contribution in [3.8, 4) is 0 Å². The summed E-state index contributed by atoms with van der Waals surface area (Å²) in [5.41, 5.74) is 2.47. The van der Waals surface area contributed by atoms with Gasteiger partial charge in [0, 0.05) is 21.2 Å². The van der Waals surface area contributed by atoms with Crippen LogP contribution in [0.25, 0.3) is 5.70 Å².